The molecule has 5 nitrogen and oxygen atoms in total. The topological polar surface area (TPSA) is 57.0 Å². The molecule has 0 N–H and O–H groups in total. The van der Waals surface area contributed by atoms with Gasteiger partial charge in [0.1, 0.15) is 17.1 Å². The highest BCUT2D eigenvalue weighted by molar-refractivity contribution is 6.30. The molecule has 7 heteroatoms. The summed E-state index contributed by atoms with van der Waals surface area (Å²) in [7, 11) is 1.59. The van der Waals surface area contributed by atoms with E-state index in [1.165, 1.54) is 10.9 Å². The molecule has 2 heterocycles. The number of rotatable bonds is 3. The zero-order chi connectivity index (χ0) is 14.9. The van der Waals surface area contributed by atoms with Crippen LogP contribution in [0.3, 0.4) is 0 Å². The molecule has 0 aromatic carbocycles. The van der Waals surface area contributed by atoms with Gasteiger partial charge in [-0.2, -0.15) is 5.10 Å². The van der Waals surface area contributed by atoms with Gasteiger partial charge in [0.05, 0.1) is 11.6 Å². The minimum absolute atomic E-state index is 0.0537. The summed E-state index contributed by atoms with van der Waals surface area (Å²) in [5, 5.41) is 4.34. The Morgan fingerprint density at radius 2 is 2.20 bits per heavy atom. The summed E-state index contributed by atoms with van der Waals surface area (Å²) in [4.78, 5) is 15.8. The molecule has 0 aliphatic rings. The fraction of sp³-hybridized carbons (Fsp3) is 0.308. The predicted octanol–water partition coefficient (Wildman–Crippen LogP) is 2.76. The van der Waals surface area contributed by atoms with E-state index in [2.05, 4.69) is 10.1 Å². The number of carbonyl (C=O) groups excluding carboxylic acids is 1. The predicted molar refractivity (Wildman–Crippen MR) is 72.1 cm³/mol. The number of pyridine rings is 1. The molecule has 2 aromatic heterocycles. The Balaban J connectivity index is 2.54. The van der Waals surface area contributed by atoms with Crippen LogP contribution in [0.15, 0.2) is 12.3 Å². The molecule has 20 heavy (non-hydrogen) atoms. The van der Waals surface area contributed by atoms with Crippen LogP contribution in [0.4, 0.5) is 4.39 Å². The van der Waals surface area contributed by atoms with Crippen LogP contribution < -0.4 is 0 Å². The average molecular weight is 298 g/mol. The number of aromatic nitrogens is 3. The maximum absolute atomic E-state index is 13.9. The van der Waals surface area contributed by atoms with Crippen molar-refractivity contribution in [1.29, 1.82) is 0 Å². The van der Waals surface area contributed by atoms with Gasteiger partial charge in [-0.25, -0.2) is 14.2 Å². The van der Waals surface area contributed by atoms with Gasteiger partial charge < -0.3 is 4.74 Å². The quantitative estimate of drug-likeness (QED) is 0.817. The maximum atomic E-state index is 13.9. The average Bonchev–Trinajstić information content (AvgIpc) is 2.65. The lowest BCUT2D eigenvalue weighted by Gasteiger charge is -2.03. The normalized spacial score (nSPS) is 10.7. The molecule has 0 spiro atoms. The van der Waals surface area contributed by atoms with Crippen molar-refractivity contribution in [3.63, 3.8) is 0 Å². The molecular weight excluding hydrogens is 285 g/mol. The van der Waals surface area contributed by atoms with Crippen LogP contribution in [0.5, 0.6) is 0 Å². The molecule has 106 valence electrons. The van der Waals surface area contributed by atoms with Crippen LogP contribution in [-0.4, -0.2) is 27.3 Å². The lowest BCUT2D eigenvalue weighted by atomic mass is 10.1. The van der Waals surface area contributed by atoms with E-state index in [1.54, 1.807) is 20.9 Å². The number of hydrogen-bond donors (Lipinski definition) is 0. The van der Waals surface area contributed by atoms with E-state index in [4.69, 9.17) is 16.3 Å². The van der Waals surface area contributed by atoms with Gasteiger partial charge in [-0.05, 0) is 19.9 Å². The number of aryl methyl sites for hydroxylation is 1. The Morgan fingerprint density at radius 3 is 2.80 bits per heavy atom. The molecule has 0 aliphatic carbocycles. The number of hydrogen-bond acceptors (Lipinski definition) is 4. The Kier molecular flexibility index (Phi) is 4.04. The second-order valence-corrected chi connectivity index (χ2v) is 4.59. The van der Waals surface area contributed by atoms with E-state index in [0.29, 0.717) is 11.3 Å². The van der Waals surface area contributed by atoms with Crippen molar-refractivity contribution in [2.45, 2.75) is 13.8 Å². The van der Waals surface area contributed by atoms with Crippen LogP contribution in [-0.2, 0) is 11.8 Å². The van der Waals surface area contributed by atoms with Crippen LogP contribution in [0.1, 0.15) is 23.0 Å². The van der Waals surface area contributed by atoms with Crippen molar-refractivity contribution in [2.24, 2.45) is 7.05 Å². The molecule has 0 aliphatic heterocycles. The van der Waals surface area contributed by atoms with Gasteiger partial charge >= 0.3 is 5.97 Å². The van der Waals surface area contributed by atoms with E-state index >= 15 is 0 Å². The molecule has 0 unspecified atom stereocenters. The molecule has 0 bridgehead atoms. The summed E-state index contributed by atoms with van der Waals surface area (Å²) in [6.07, 6.45) is 1.33. The summed E-state index contributed by atoms with van der Waals surface area (Å²) >= 11 is 5.67. The Morgan fingerprint density at radius 1 is 1.50 bits per heavy atom. The largest absolute Gasteiger partial charge is 0.461 e. The van der Waals surface area contributed by atoms with Crippen LogP contribution >= 0.6 is 11.6 Å². The highest BCUT2D eigenvalue weighted by Gasteiger charge is 2.23. The monoisotopic (exact) mass is 297 g/mol. The third kappa shape index (κ3) is 2.51. The molecule has 0 atom stereocenters. The number of carbonyl (C=O) groups is 1. The molecule has 2 aromatic rings. The van der Waals surface area contributed by atoms with Crippen LogP contribution in [0.25, 0.3) is 11.4 Å². The van der Waals surface area contributed by atoms with E-state index in [-0.39, 0.29) is 23.0 Å². The van der Waals surface area contributed by atoms with Gasteiger partial charge in [-0.3, -0.25) is 4.68 Å². The van der Waals surface area contributed by atoms with E-state index in [0.717, 1.165) is 6.07 Å². The molecule has 0 fully saturated rings. The van der Waals surface area contributed by atoms with E-state index in [9.17, 15) is 9.18 Å². The van der Waals surface area contributed by atoms with Crippen molar-refractivity contribution in [3.8, 4) is 11.4 Å². The van der Waals surface area contributed by atoms with Gasteiger partial charge in [0.25, 0.3) is 0 Å². The number of nitrogens with zero attached hydrogens (tertiary/aromatic N) is 3. The molecular formula is C13H13ClFN3O2. The van der Waals surface area contributed by atoms with Gasteiger partial charge in [-0.1, -0.05) is 11.6 Å². The van der Waals surface area contributed by atoms with E-state index in [1.807, 2.05) is 0 Å². The van der Waals surface area contributed by atoms with Crippen LogP contribution in [0, 0.1) is 12.7 Å². The van der Waals surface area contributed by atoms with Gasteiger partial charge in [0, 0.05) is 18.8 Å². The summed E-state index contributed by atoms with van der Waals surface area (Å²) in [5.74, 6) is -1.09. The number of esters is 1. The maximum Gasteiger partial charge on any atom is 0.356 e. The smallest absolute Gasteiger partial charge is 0.356 e. The summed E-state index contributed by atoms with van der Waals surface area (Å²) in [6.45, 7) is 3.64. The van der Waals surface area contributed by atoms with Crippen molar-refractivity contribution < 1.29 is 13.9 Å². The fourth-order valence-corrected chi connectivity index (χ4v) is 2.07. The first-order chi connectivity index (χ1) is 9.45. The van der Waals surface area contributed by atoms with Gasteiger partial charge in [-0.15, -0.1) is 0 Å². The Hall–Kier alpha value is -1.95. The number of ether oxygens (including phenoxy) is 1. The molecule has 0 saturated carbocycles. The number of halogens is 2. The Bertz CT molecular complexity index is 670. The molecule has 0 saturated heterocycles. The summed E-state index contributed by atoms with van der Waals surface area (Å²) in [5.41, 5.74) is 1.14. The summed E-state index contributed by atoms with van der Waals surface area (Å²) < 4.78 is 20.2. The lowest BCUT2D eigenvalue weighted by Crippen LogP contribution is -2.11. The zero-order valence-corrected chi connectivity index (χ0v) is 12.0. The highest BCUT2D eigenvalue weighted by atomic mass is 35.5. The van der Waals surface area contributed by atoms with Gasteiger partial charge in [0.15, 0.2) is 5.82 Å². The standard InChI is InChI=1S/C13H13ClFN3O2/c1-4-20-13(19)12-7(2)10(17-18(12)3)11-9(15)5-8(14)6-16-11/h5-6H,4H2,1-3H3. The highest BCUT2D eigenvalue weighted by Crippen LogP contribution is 2.26. The first kappa shape index (κ1) is 14.5. The lowest BCUT2D eigenvalue weighted by molar-refractivity contribution is 0.0513. The third-order valence-corrected chi connectivity index (χ3v) is 2.99. The first-order valence-corrected chi connectivity index (χ1v) is 6.35. The molecule has 2 rings (SSSR count). The van der Waals surface area contributed by atoms with E-state index < -0.39 is 11.8 Å². The minimum Gasteiger partial charge on any atom is -0.461 e. The summed E-state index contributed by atoms with van der Waals surface area (Å²) in [6, 6.07) is 1.15. The Labute approximate surface area is 120 Å². The molecule has 0 amide bonds. The second-order valence-electron chi connectivity index (χ2n) is 4.15. The zero-order valence-electron chi connectivity index (χ0n) is 11.3. The van der Waals surface area contributed by atoms with Crippen molar-refractivity contribution >= 4 is 17.6 Å². The molecule has 0 radical (unpaired) electrons. The van der Waals surface area contributed by atoms with Crippen molar-refractivity contribution in [1.82, 2.24) is 14.8 Å². The fourth-order valence-electron chi connectivity index (χ4n) is 1.93. The van der Waals surface area contributed by atoms with Crippen molar-refractivity contribution in [3.05, 3.63) is 34.4 Å². The SMILES string of the molecule is CCOC(=O)c1c(C)c(-c2ncc(Cl)cc2F)nn1C. The third-order valence-electron chi connectivity index (χ3n) is 2.78. The van der Waals surface area contributed by atoms with Crippen LogP contribution in [0.2, 0.25) is 5.02 Å². The second kappa shape index (κ2) is 5.58. The first-order valence-electron chi connectivity index (χ1n) is 5.97. The van der Waals surface area contributed by atoms with Gasteiger partial charge in [0.2, 0.25) is 0 Å². The minimum atomic E-state index is -0.589. The van der Waals surface area contributed by atoms with Crippen molar-refractivity contribution in [2.75, 3.05) is 6.61 Å².